The molecule has 1 unspecified atom stereocenters. The lowest BCUT2D eigenvalue weighted by Gasteiger charge is -2.20. The zero-order valence-corrected chi connectivity index (χ0v) is 12.8. The van der Waals surface area contributed by atoms with Crippen molar-refractivity contribution in [3.05, 3.63) is 35.6 Å². The van der Waals surface area contributed by atoms with Gasteiger partial charge in [0.15, 0.2) is 0 Å². The third-order valence-corrected chi connectivity index (χ3v) is 5.37. The van der Waals surface area contributed by atoms with Crippen molar-refractivity contribution >= 4 is 0 Å². The molecule has 0 radical (unpaired) electrons. The summed E-state index contributed by atoms with van der Waals surface area (Å²) in [5.41, 5.74) is 1.96. The summed E-state index contributed by atoms with van der Waals surface area (Å²) in [7, 11) is 0. The minimum Gasteiger partial charge on any atom is -0.314 e. The van der Waals surface area contributed by atoms with Gasteiger partial charge in [0.05, 0.1) is 0 Å². The zero-order chi connectivity index (χ0) is 14.3. The van der Waals surface area contributed by atoms with E-state index >= 15 is 0 Å². The second-order valence-corrected chi connectivity index (χ2v) is 6.92. The van der Waals surface area contributed by atoms with Crippen LogP contribution in [0.2, 0.25) is 0 Å². The number of likely N-dealkylation sites (N-methyl/N-ethyl adjacent to an activating group) is 1. The van der Waals surface area contributed by atoms with Gasteiger partial charge in [-0.1, -0.05) is 46.8 Å². The Morgan fingerprint density at radius 3 is 2.05 bits per heavy atom. The Labute approximate surface area is 116 Å². The van der Waals surface area contributed by atoms with E-state index in [-0.39, 0.29) is 5.82 Å². The number of hydrogen-bond donors (Lipinski definition) is 1. The van der Waals surface area contributed by atoms with Crippen LogP contribution >= 0.6 is 0 Å². The van der Waals surface area contributed by atoms with Crippen LogP contribution in [0.15, 0.2) is 24.3 Å². The van der Waals surface area contributed by atoms with Crippen LogP contribution in [0.25, 0.3) is 0 Å². The summed E-state index contributed by atoms with van der Waals surface area (Å²) in [6.07, 6.45) is 0.978. The van der Waals surface area contributed by atoms with E-state index in [4.69, 9.17) is 0 Å². The first kappa shape index (κ1) is 14.5. The molecule has 1 aliphatic rings. The molecule has 0 amide bonds. The summed E-state index contributed by atoms with van der Waals surface area (Å²) in [6, 6.07) is 7.40. The molecule has 0 saturated heterocycles. The topological polar surface area (TPSA) is 12.0 Å². The molecule has 106 valence electrons. The van der Waals surface area contributed by atoms with Crippen molar-refractivity contribution in [2.45, 2.75) is 47.1 Å². The Bertz CT molecular complexity index is 419. The van der Waals surface area contributed by atoms with E-state index in [1.165, 1.54) is 5.56 Å². The van der Waals surface area contributed by atoms with Gasteiger partial charge in [0.2, 0.25) is 0 Å². The summed E-state index contributed by atoms with van der Waals surface area (Å²) in [6.45, 7) is 12.5. The molecule has 1 fully saturated rings. The molecule has 1 atom stereocenters. The molecule has 2 rings (SSSR count). The Morgan fingerprint density at radius 2 is 1.63 bits per heavy atom. The van der Waals surface area contributed by atoms with E-state index in [0.29, 0.717) is 22.8 Å². The van der Waals surface area contributed by atoms with E-state index in [0.717, 1.165) is 13.0 Å². The third kappa shape index (κ3) is 2.55. The van der Waals surface area contributed by atoms with Gasteiger partial charge in [-0.15, -0.1) is 0 Å². The van der Waals surface area contributed by atoms with Gasteiger partial charge in [0.1, 0.15) is 5.82 Å². The van der Waals surface area contributed by atoms with Crippen LogP contribution in [-0.4, -0.2) is 12.6 Å². The largest absolute Gasteiger partial charge is 0.314 e. The Kier molecular flexibility index (Phi) is 3.74. The lowest BCUT2D eigenvalue weighted by Crippen LogP contribution is -2.35. The van der Waals surface area contributed by atoms with Crippen molar-refractivity contribution in [3.63, 3.8) is 0 Å². The molecule has 0 aromatic heterocycles. The molecule has 1 nitrogen and oxygen atoms in total. The van der Waals surface area contributed by atoms with Crippen LogP contribution in [0.3, 0.4) is 0 Å². The number of rotatable bonds is 5. The first-order chi connectivity index (χ1) is 8.80. The highest BCUT2D eigenvalue weighted by atomic mass is 19.1. The van der Waals surface area contributed by atoms with E-state index in [2.05, 4.69) is 39.9 Å². The minimum absolute atomic E-state index is 0.157. The molecular weight excluding hydrogens is 237 g/mol. The van der Waals surface area contributed by atoms with Crippen molar-refractivity contribution in [2.75, 3.05) is 6.54 Å². The Balaban J connectivity index is 2.12. The van der Waals surface area contributed by atoms with Gasteiger partial charge in [0, 0.05) is 6.04 Å². The first-order valence-corrected chi connectivity index (χ1v) is 7.28. The number of hydrogen-bond acceptors (Lipinski definition) is 1. The Hall–Kier alpha value is -0.890. The van der Waals surface area contributed by atoms with Gasteiger partial charge in [0.25, 0.3) is 0 Å². The normalized spacial score (nSPS) is 22.2. The maximum Gasteiger partial charge on any atom is 0.123 e. The number of nitrogens with one attached hydrogen (secondary N) is 1. The maximum atomic E-state index is 13.0. The van der Waals surface area contributed by atoms with Crippen molar-refractivity contribution < 1.29 is 4.39 Å². The fourth-order valence-electron chi connectivity index (χ4n) is 3.70. The highest BCUT2D eigenvalue weighted by molar-refractivity contribution is 5.22. The van der Waals surface area contributed by atoms with E-state index in [9.17, 15) is 4.39 Å². The van der Waals surface area contributed by atoms with Gasteiger partial charge in [-0.3, -0.25) is 0 Å². The molecule has 1 N–H and O–H groups in total. The maximum absolute atomic E-state index is 13.0. The van der Waals surface area contributed by atoms with Gasteiger partial charge >= 0.3 is 0 Å². The van der Waals surface area contributed by atoms with Crippen molar-refractivity contribution in [2.24, 2.45) is 16.7 Å². The summed E-state index contributed by atoms with van der Waals surface area (Å²) >= 11 is 0. The monoisotopic (exact) mass is 263 g/mol. The molecule has 0 bridgehead atoms. The fraction of sp³-hybridized carbons (Fsp3) is 0.647. The van der Waals surface area contributed by atoms with Gasteiger partial charge in [-0.05, 0) is 47.4 Å². The molecular formula is C17H26FN. The SMILES string of the molecule is CCNC(Cc1ccc(F)cc1)C1C(C)(C)C1(C)C. The molecule has 1 saturated carbocycles. The van der Waals surface area contributed by atoms with Gasteiger partial charge < -0.3 is 5.32 Å². The predicted molar refractivity (Wildman–Crippen MR) is 78.6 cm³/mol. The smallest absolute Gasteiger partial charge is 0.123 e. The number of benzene rings is 1. The summed E-state index contributed by atoms with van der Waals surface area (Å²) in [5.74, 6) is 0.515. The van der Waals surface area contributed by atoms with Gasteiger partial charge in [-0.25, -0.2) is 4.39 Å². The van der Waals surface area contributed by atoms with Crippen molar-refractivity contribution in [1.29, 1.82) is 0 Å². The number of halogens is 1. The van der Waals surface area contributed by atoms with Crippen molar-refractivity contribution in [1.82, 2.24) is 5.32 Å². The standard InChI is InChI=1S/C17H26FN/c1-6-19-14(15-16(2,3)17(15,4)5)11-12-7-9-13(18)10-8-12/h7-10,14-15,19H,6,11H2,1-5H3. The molecule has 1 aromatic carbocycles. The lowest BCUT2D eigenvalue weighted by molar-refractivity contribution is 0.403. The molecule has 2 heteroatoms. The van der Waals surface area contributed by atoms with Crippen molar-refractivity contribution in [3.8, 4) is 0 Å². The molecule has 0 aliphatic heterocycles. The second kappa shape index (κ2) is 4.90. The van der Waals surface area contributed by atoms with Crippen LogP contribution in [0, 0.1) is 22.6 Å². The quantitative estimate of drug-likeness (QED) is 0.845. The Morgan fingerprint density at radius 1 is 1.11 bits per heavy atom. The lowest BCUT2D eigenvalue weighted by atomic mass is 9.97. The highest BCUT2D eigenvalue weighted by Gasteiger charge is 2.66. The average molecular weight is 263 g/mol. The van der Waals surface area contributed by atoms with E-state index < -0.39 is 0 Å². The molecule has 1 aromatic rings. The minimum atomic E-state index is -0.157. The van der Waals surface area contributed by atoms with Crippen LogP contribution in [0.1, 0.15) is 40.2 Å². The zero-order valence-electron chi connectivity index (χ0n) is 12.8. The molecule has 19 heavy (non-hydrogen) atoms. The third-order valence-electron chi connectivity index (χ3n) is 5.37. The van der Waals surface area contributed by atoms with Gasteiger partial charge in [-0.2, -0.15) is 0 Å². The van der Waals surface area contributed by atoms with Crippen LogP contribution < -0.4 is 5.32 Å². The van der Waals surface area contributed by atoms with Crippen LogP contribution in [0.5, 0.6) is 0 Å². The average Bonchev–Trinajstić information content (AvgIpc) is 2.72. The van der Waals surface area contributed by atoms with Crippen LogP contribution in [0.4, 0.5) is 4.39 Å². The second-order valence-electron chi connectivity index (χ2n) is 6.92. The highest BCUT2D eigenvalue weighted by Crippen LogP contribution is 2.69. The molecule has 1 aliphatic carbocycles. The summed E-state index contributed by atoms with van der Waals surface area (Å²) < 4.78 is 13.0. The van der Waals surface area contributed by atoms with E-state index in [1.807, 2.05) is 12.1 Å². The summed E-state index contributed by atoms with van der Waals surface area (Å²) in [4.78, 5) is 0. The predicted octanol–water partition coefficient (Wildman–Crippen LogP) is 4.03. The molecule has 0 spiro atoms. The van der Waals surface area contributed by atoms with Crippen LogP contribution in [-0.2, 0) is 6.42 Å². The van der Waals surface area contributed by atoms with E-state index in [1.54, 1.807) is 12.1 Å². The molecule has 0 heterocycles. The summed E-state index contributed by atoms with van der Waals surface area (Å²) in [5, 5.41) is 3.63. The first-order valence-electron chi connectivity index (χ1n) is 7.28. The fourth-order valence-corrected chi connectivity index (χ4v) is 3.70.